The molecule has 14 nitrogen and oxygen atoms in total. The highest BCUT2D eigenvalue weighted by atomic mass is 16.4. The van der Waals surface area contributed by atoms with Gasteiger partial charge in [-0.15, -0.1) is 0 Å². The monoisotopic (exact) mass is 472 g/mol. The minimum atomic E-state index is -1.68. The number of hydrogen-bond acceptors (Lipinski definition) is 8. The van der Waals surface area contributed by atoms with Crippen molar-refractivity contribution in [2.75, 3.05) is 13.1 Å². The van der Waals surface area contributed by atoms with Crippen LogP contribution in [-0.2, 0) is 28.8 Å². The van der Waals surface area contributed by atoms with Crippen molar-refractivity contribution >= 4 is 35.6 Å². The molecule has 0 saturated carbocycles. The molecule has 1 aliphatic rings. The van der Waals surface area contributed by atoms with Crippen LogP contribution >= 0.6 is 0 Å². The van der Waals surface area contributed by atoms with Crippen molar-refractivity contribution in [2.45, 2.75) is 69.1 Å². The van der Waals surface area contributed by atoms with E-state index in [1.807, 2.05) is 0 Å². The molecule has 1 saturated heterocycles. The first kappa shape index (κ1) is 27.8. The summed E-state index contributed by atoms with van der Waals surface area (Å²) in [5.41, 5.74) is 16.4. The van der Waals surface area contributed by atoms with Crippen molar-refractivity contribution in [1.82, 2.24) is 15.5 Å². The van der Waals surface area contributed by atoms with Gasteiger partial charge < -0.3 is 42.9 Å². The number of primary amides is 1. The number of hydrogen-bond donors (Lipinski definition) is 7. The summed E-state index contributed by atoms with van der Waals surface area (Å²) in [4.78, 5) is 72.7. The lowest BCUT2D eigenvalue weighted by Crippen LogP contribution is -2.57. The lowest BCUT2D eigenvalue weighted by molar-refractivity contribution is -0.148. The average molecular weight is 472 g/mol. The lowest BCUT2D eigenvalue weighted by atomic mass is 10.1. The zero-order valence-corrected chi connectivity index (χ0v) is 18.2. The van der Waals surface area contributed by atoms with Crippen molar-refractivity contribution in [3.05, 3.63) is 0 Å². The minimum Gasteiger partial charge on any atom is -0.481 e. The second-order valence-corrected chi connectivity index (χ2v) is 7.81. The van der Waals surface area contributed by atoms with Gasteiger partial charge in [0.1, 0.15) is 18.1 Å². The zero-order valence-electron chi connectivity index (χ0n) is 18.2. The number of carbonyl (C=O) groups is 6. The Hall–Kier alpha value is -3.26. The van der Waals surface area contributed by atoms with E-state index in [1.165, 1.54) is 0 Å². The van der Waals surface area contributed by atoms with Crippen molar-refractivity contribution in [1.29, 1.82) is 0 Å². The zero-order chi connectivity index (χ0) is 25.1. The molecule has 1 fully saturated rings. The maximum Gasteiger partial charge on any atom is 0.326 e. The molecule has 33 heavy (non-hydrogen) atoms. The Kier molecular flexibility index (Phi) is 11.2. The molecule has 0 bridgehead atoms. The fourth-order valence-corrected chi connectivity index (χ4v) is 3.47. The maximum atomic E-state index is 13.1. The summed E-state index contributed by atoms with van der Waals surface area (Å²) in [6, 6.07) is -5.08. The van der Waals surface area contributed by atoms with Crippen LogP contribution in [-0.4, -0.2) is 87.9 Å². The number of nitrogens with two attached hydrogens (primary N) is 3. The molecular weight excluding hydrogens is 440 g/mol. The Morgan fingerprint density at radius 1 is 1.00 bits per heavy atom. The highest BCUT2D eigenvalue weighted by Gasteiger charge is 2.39. The molecule has 0 aromatic heterocycles. The maximum absolute atomic E-state index is 13.1. The van der Waals surface area contributed by atoms with Crippen LogP contribution in [0.1, 0.15) is 44.9 Å². The molecule has 0 spiro atoms. The van der Waals surface area contributed by atoms with Gasteiger partial charge in [-0.2, -0.15) is 0 Å². The Labute approximate surface area is 190 Å². The van der Waals surface area contributed by atoms with Crippen molar-refractivity contribution in [3.63, 3.8) is 0 Å². The number of nitrogens with zero attached hydrogens (tertiary/aromatic N) is 1. The standard InChI is InChI=1S/C19H32N6O8/c20-6-2-1-4-10(21)16(29)23-11(8-14(22)26)18(31)25-7-3-5-13(25)17(30)24-12(19(32)33)9-15(27)28/h10-13H,1-9,20-21H2,(H2,22,26)(H,23,29)(H,24,30)(H,27,28)(H,32,33). The van der Waals surface area contributed by atoms with E-state index in [9.17, 15) is 28.8 Å². The summed E-state index contributed by atoms with van der Waals surface area (Å²) in [6.45, 7) is 0.548. The normalized spacial score (nSPS) is 18.1. The third kappa shape index (κ3) is 9.02. The molecule has 4 amide bonds. The van der Waals surface area contributed by atoms with Crippen LogP contribution in [0.4, 0.5) is 0 Å². The van der Waals surface area contributed by atoms with E-state index in [2.05, 4.69) is 10.6 Å². The number of likely N-dealkylation sites (tertiary alicyclic amines) is 1. The molecule has 1 heterocycles. The summed E-state index contributed by atoms with van der Waals surface area (Å²) in [6.07, 6.45) is 0.786. The van der Waals surface area contributed by atoms with Gasteiger partial charge in [0.05, 0.1) is 18.9 Å². The number of unbranched alkanes of at least 4 members (excludes halogenated alkanes) is 1. The van der Waals surface area contributed by atoms with Crippen molar-refractivity contribution in [2.24, 2.45) is 17.2 Å². The first-order valence-corrected chi connectivity index (χ1v) is 10.6. The van der Waals surface area contributed by atoms with E-state index in [4.69, 9.17) is 27.4 Å². The van der Waals surface area contributed by atoms with Crippen LogP contribution in [0.5, 0.6) is 0 Å². The smallest absolute Gasteiger partial charge is 0.326 e. The number of rotatable bonds is 14. The fraction of sp³-hybridized carbons (Fsp3) is 0.684. The Balaban J connectivity index is 2.91. The molecule has 10 N–H and O–H groups in total. The van der Waals surface area contributed by atoms with Gasteiger partial charge in [0.25, 0.3) is 0 Å². The van der Waals surface area contributed by atoms with Gasteiger partial charge in [0.15, 0.2) is 0 Å². The summed E-state index contributed by atoms with van der Waals surface area (Å²) < 4.78 is 0. The molecular formula is C19H32N6O8. The highest BCUT2D eigenvalue weighted by Crippen LogP contribution is 2.20. The van der Waals surface area contributed by atoms with Gasteiger partial charge in [0, 0.05) is 6.54 Å². The van der Waals surface area contributed by atoms with Gasteiger partial charge in [-0.1, -0.05) is 6.42 Å². The third-order valence-corrected chi connectivity index (χ3v) is 5.16. The molecule has 0 aromatic carbocycles. The van der Waals surface area contributed by atoms with Gasteiger partial charge in [-0.05, 0) is 32.2 Å². The predicted octanol–water partition coefficient (Wildman–Crippen LogP) is -3.16. The second kappa shape index (κ2) is 13.3. The first-order valence-electron chi connectivity index (χ1n) is 10.6. The van der Waals surface area contributed by atoms with Crippen LogP contribution in [0, 0.1) is 0 Å². The second-order valence-electron chi connectivity index (χ2n) is 7.81. The van der Waals surface area contributed by atoms with Crippen molar-refractivity contribution in [3.8, 4) is 0 Å². The summed E-state index contributed by atoms with van der Waals surface area (Å²) in [5.74, 6) is -6.09. The predicted molar refractivity (Wildman–Crippen MR) is 113 cm³/mol. The minimum absolute atomic E-state index is 0.112. The summed E-state index contributed by atoms with van der Waals surface area (Å²) >= 11 is 0. The highest BCUT2D eigenvalue weighted by molar-refractivity contribution is 5.96. The van der Waals surface area contributed by atoms with Crippen LogP contribution < -0.4 is 27.8 Å². The van der Waals surface area contributed by atoms with E-state index in [1.54, 1.807) is 0 Å². The van der Waals surface area contributed by atoms with E-state index in [0.29, 0.717) is 32.2 Å². The largest absolute Gasteiger partial charge is 0.481 e. The molecule has 1 rings (SSSR count). The lowest BCUT2D eigenvalue weighted by Gasteiger charge is -2.29. The molecule has 186 valence electrons. The molecule has 0 radical (unpaired) electrons. The fourth-order valence-electron chi connectivity index (χ4n) is 3.47. The van der Waals surface area contributed by atoms with Gasteiger partial charge >= 0.3 is 11.9 Å². The summed E-state index contributed by atoms with van der Waals surface area (Å²) in [5, 5.41) is 22.5. The van der Waals surface area contributed by atoms with E-state index >= 15 is 0 Å². The number of carboxylic acids is 2. The van der Waals surface area contributed by atoms with Gasteiger partial charge in [0.2, 0.25) is 23.6 Å². The Morgan fingerprint density at radius 3 is 2.21 bits per heavy atom. The number of carboxylic acid groups (broad SMARTS) is 2. The van der Waals surface area contributed by atoms with Crippen LogP contribution in [0.15, 0.2) is 0 Å². The molecule has 0 aromatic rings. The van der Waals surface area contributed by atoms with Gasteiger partial charge in [-0.25, -0.2) is 4.79 Å². The Morgan fingerprint density at radius 2 is 1.67 bits per heavy atom. The van der Waals surface area contributed by atoms with E-state index in [0.717, 1.165) is 4.90 Å². The number of amides is 4. The quantitative estimate of drug-likeness (QED) is 0.125. The Bertz CT molecular complexity index is 761. The van der Waals surface area contributed by atoms with Crippen LogP contribution in [0.3, 0.4) is 0 Å². The average Bonchev–Trinajstić information content (AvgIpc) is 3.21. The topological polar surface area (TPSA) is 248 Å². The van der Waals surface area contributed by atoms with E-state index in [-0.39, 0.29) is 13.0 Å². The third-order valence-electron chi connectivity index (χ3n) is 5.16. The number of carbonyl (C=O) groups excluding carboxylic acids is 4. The number of aliphatic carboxylic acids is 2. The van der Waals surface area contributed by atoms with Gasteiger partial charge in [-0.3, -0.25) is 24.0 Å². The number of nitrogens with one attached hydrogen (secondary N) is 2. The molecule has 0 aliphatic carbocycles. The molecule has 4 atom stereocenters. The van der Waals surface area contributed by atoms with Crippen LogP contribution in [0.2, 0.25) is 0 Å². The molecule has 14 heteroatoms. The molecule has 1 aliphatic heterocycles. The van der Waals surface area contributed by atoms with Crippen LogP contribution in [0.25, 0.3) is 0 Å². The first-order chi connectivity index (χ1) is 15.5. The SMILES string of the molecule is NCCCCC(N)C(=O)NC(CC(N)=O)C(=O)N1CCCC1C(=O)NC(CC(=O)O)C(=O)O. The summed E-state index contributed by atoms with van der Waals surface area (Å²) in [7, 11) is 0. The molecule has 4 unspecified atom stereocenters. The van der Waals surface area contributed by atoms with Crippen molar-refractivity contribution < 1.29 is 39.0 Å². The van der Waals surface area contributed by atoms with E-state index < -0.39 is 72.6 Å².